The van der Waals surface area contributed by atoms with Crippen LogP contribution in [0.4, 0.5) is 10.5 Å². The molecule has 19 heavy (non-hydrogen) atoms. The van der Waals surface area contributed by atoms with E-state index in [0.29, 0.717) is 12.2 Å². The third-order valence-corrected chi connectivity index (χ3v) is 2.68. The Morgan fingerprint density at radius 2 is 2.16 bits per heavy atom. The predicted octanol–water partition coefficient (Wildman–Crippen LogP) is 2.18. The summed E-state index contributed by atoms with van der Waals surface area (Å²) in [5, 5.41) is 11.6. The van der Waals surface area contributed by atoms with Crippen molar-refractivity contribution < 1.29 is 14.7 Å². The van der Waals surface area contributed by atoms with Crippen LogP contribution in [-0.4, -0.2) is 35.1 Å². The van der Waals surface area contributed by atoms with Gasteiger partial charge in [0.15, 0.2) is 0 Å². The van der Waals surface area contributed by atoms with E-state index < -0.39 is 5.97 Å². The van der Waals surface area contributed by atoms with Gasteiger partial charge in [0, 0.05) is 12.2 Å². The molecule has 0 aliphatic rings. The molecule has 5 heteroatoms. The second-order valence-corrected chi connectivity index (χ2v) is 3.98. The Balaban J connectivity index is 2.92. The number of carboxylic acid groups (broad SMARTS) is 1. The number of hydrogen-bond donors (Lipinski definition) is 2. The number of rotatable bonds is 4. The van der Waals surface area contributed by atoms with Crippen molar-refractivity contribution >= 4 is 17.7 Å². The number of amides is 2. The summed E-state index contributed by atoms with van der Waals surface area (Å²) in [5.74, 6) is 1.36. The molecule has 0 heterocycles. The van der Waals surface area contributed by atoms with Crippen LogP contribution in [-0.2, 0) is 0 Å². The lowest BCUT2D eigenvalue weighted by Gasteiger charge is -2.19. The van der Waals surface area contributed by atoms with Gasteiger partial charge in [-0.3, -0.25) is 0 Å². The van der Waals surface area contributed by atoms with Gasteiger partial charge in [-0.1, -0.05) is 12.0 Å². The molecule has 5 nitrogen and oxygen atoms in total. The SMILES string of the molecule is C#CCN(CC)C(=O)Nc1cc(C(=O)O)ccc1C. The number of aryl methyl sites for hydroxylation is 1. The maximum Gasteiger partial charge on any atom is 0.335 e. The molecule has 0 aromatic heterocycles. The maximum atomic E-state index is 11.9. The highest BCUT2D eigenvalue weighted by Gasteiger charge is 2.13. The van der Waals surface area contributed by atoms with Gasteiger partial charge in [0.05, 0.1) is 12.1 Å². The van der Waals surface area contributed by atoms with Crippen LogP contribution in [0.5, 0.6) is 0 Å². The molecule has 0 aliphatic carbocycles. The Morgan fingerprint density at radius 1 is 1.47 bits per heavy atom. The number of anilines is 1. The van der Waals surface area contributed by atoms with Crippen molar-refractivity contribution in [2.45, 2.75) is 13.8 Å². The maximum absolute atomic E-state index is 11.9. The molecule has 0 radical (unpaired) electrons. The molecular weight excluding hydrogens is 244 g/mol. The Kier molecular flexibility index (Phi) is 4.95. The average Bonchev–Trinajstić information content (AvgIpc) is 2.38. The molecule has 1 aromatic rings. The zero-order chi connectivity index (χ0) is 14.4. The largest absolute Gasteiger partial charge is 0.478 e. The highest BCUT2D eigenvalue weighted by Crippen LogP contribution is 2.17. The molecule has 1 aromatic carbocycles. The van der Waals surface area contributed by atoms with E-state index in [-0.39, 0.29) is 18.1 Å². The van der Waals surface area contributed by atoms with Crippen molar-refractivity contribution in [1.29, 1.82) is 0 Å². The van der Waals surface area contributed by atoms with Gasteiger partial charge in [0.2, 0.25) is 0 Å². The number of carbonyl (C=O) groups excluding carboxylic acids is 1. The Hall–Kier alpha value is -2.48. The van der Waals surface area contributed by atoms with Crippen molar-refractivity contribution in [1.82, 2.24) is 4.90 Å². The topological polar surface area (TPSA) is 69.6 Å². The Bertz CT molecular complexity index is 532. The van der Waals surface area contributed by atoms with Gasteiger partial charge in [-0.05, 0) is 31.5 Å². The van der Waals surface area contributed by atoms with Gasteiger partial charge in [-0.25, -0.2) is 9.59 Å². The van der Waals surface area contributed by atoms with Gasteiger partial charge in [-0.2, -0.15) is 0 Å². The van der Waals surface area contributed by atoms with Crippen LogP contribution in [0.15, 0.2) is 18.2 Å². The summed E-state index contributed by atoms with van der Waals surface area (Å²) < 4.78 is 0. The summed E-state index contributed by atoms with van der Waals surface area (Å²) in [5.41, 5.74) is 1.39. The van der Waals surface area contributed by atoms with Crippen LogP contribution in [0, 0.1) is 19.3 Å². The number of carbonyl (C=O) groups is 2. The fourth-order valence-corrected chi connectivity index (χ4v) is 1.52. The second kappa shape index (κ2) is 6.45. The highest BCUT2D eigenvalue weighted by molar-refractivity contribution is 5.94. The molecule has 0 saturated heterocycles. The smallest absolute Gasteiger partial charge is 0.335 e. The number of hydrogen-bond acceptors (Lipinski definition) is 2. The van der Waals surface area contributed by atoms with Crippen molar-refractivity contribution in [3.05, 3.63) is 29.3 Å². The van der Waals surface area contributed by atoms with E-state index in [2.05, 4.69) is 11.2 Å². The molecule has 2 N–H and O–H groups in total. The van der Waals surface area contributed by atoms with Gasteiger partial charge in [0.25, 0.3) is 0 Å². The van der Waals surface area contributed by atoms with Gasteiger partial charge < -0.3 is 15.3 Å². The molecule has 0 aliphatic heterocycles. The lowest BCUT2D eigenvalue weighted by Crippen LogP contribution is -2.35. The first kappa shape index (κ1) is 14.6. The quantitative estimate of drug-likeness (QED) is 0.815. The lowest BCUT2D eigenvalue weighted by molar-refractivity contribution is 0.0697. The monoisotopic (exact) mass is 260 g/mol. The summed E-state index contributed by atoms with van der Waals surface area (Å²) in [6.45, 7) is 4.30. The minimum Gasteiger partial charge on any atom is -0.478 e. The third-order valence-electron chi connectivity index (χ3n) is 2.68. The number of urea groups is 1. The van der Waals surface area contributed by atoms with E-state index in [9.17, 15) is 9.59 Å². The summed E-state index contributed by atoms with van der Waals surface area (Å²) in [7, 11) is 0. The highest BCUT2D eigenvalue weighted by atomic mass is 16.4. The van der Waals surface area contributed by atoms with Crippen molar-refractivity contribution in [2.24, 2.45) is 0 Å². The summed E-state index contributed by atoms with van der Waals surface area (Å²) >= 11 is 0. The lowest BCUT2D eigenvalue weighted by atomic mass is 10.1. The first-order chi connectivity index (χ1) is 8.99. The van der Waals surface area contributed by atoms with Crippen molar-refractivity contribution in [2.75, 3.05) is 18.4 Å². The molecule has 0 saturated carbocycles. The molecule has 2 amide bonds. The molecule has 0 atom stereocenters. The second-order valence-electron chi connectivity index (χ2n) is 3.98. The zero-order valence-electron chi connectivity index (χ0n) is 10.9. The van der Waals surface area contributed by atoms with Crippen LogP contribution < -0.4 is 5.32 Å². The molecule has 0 fully saturated rings. The third kappa shape index (κ3) is 3.75. The van der Waals surface area contributed by atoms with Crippen LogP contribution in [0.25, 0.3) is 0 Å². The van der Waals surface area contributed by atoms with E-state index in [1.54, 1.807) is 13.0 Å². The average molecular weight is 260 g/mol. The summed E-state index contributed by atoms with van der Waals surface area (Å²) in [4.78, 5) is 24.3. The van der Waals surface area contributed by atoms with E-state index >= 15 is 0 Å². The summed E-state index contributed by atoms with van der Waals surface area (Å²) in [6.07, 6.45) is 5.18. The Labute approximate surface area is 112 Å². The zero-order valence-corrected chi connectivity index (χ0v) is 10.9. The number of carboxylic acids is 1. The van der Waals surface area contributed by atoms with Crippen LogP contribution in [0.2, 0.25) is 0 Å². The molecule has 1 rings (SSSR count). The van der Waals surface area contributed by atoms with Crippen LogP contribution >= 0.6 is 0 Å². The number of nitrogens with zero attached hydrogens (tertiary/aromatic N) is 1. The van der Waals surface area contributed by atoms with Crippen LogP contribution in [0.3, 0.4) is 0 Å². The van der Waals surface area contributed by atoms with E-state index in [1.165, 1.54) is 17.0 Å². The summed E-state index contributed by atoms with van der Waals surface area (Å²) in [6, 6.07) is 4.23. The van der Waals surface area contributed by atoms with E-state index in [4.69, 9.17) is 11.5 Å². The first-order valence-electron chi connectivity index (χ1n) is 5.83. The van der Waals surface area contributed by atoms with E-state index in [0.717, 1.165) is 5.56 Å². The Morgan fingerprint density at radius 3 is 2.68 bits per heavy atom. The fourth-order valence-electron chi connectivity index (χ4n) is 1.52. The standard InChI is InChI=1S/C14H16N2O3/c1-4-8-16(5-2)14(19)15-12-9-11(13(17)18)7-6-10(12)3/h1,6-7,9H,5,8H2,2-3H3,(H,15,19)(H,17,18). The minimum atomic E-state index is -1.04. The molecular formula is C14H16N2O3. The van der Waals surface area contributed by atoms with Crippen molar-refractivity contribution in [3.8, 4) is 12.3 Å². The van der Waals surface area contributed by atoms with Crippen LogP contribution in [0.1, 0.15) is 22.8 Å². The minimum absolute atomic E-state index is 0.126. The fraction of sp³-hybridized carbons (Fsp3) is 0.286. The molecule has 100 valence electrons. The number of nitrogens with one attached hydrogen (secondary N) is 1. The van der Waals surface area contributed by atoms with E-state index in [1.807, 2.05) is 6.92 Å². The van der Waals surface area contributed by atoms with Gasteiger partial charge >= 0.3 is 12.0 Å². The molecule has 0 unspecified atom stereocenters. The number of benzene rings is 1. The molecule has 0 spiro atoms. The first-order valence-corrected chi connectivity index (χ1v) is 5.83. The molecule has 0 bridgehead atoms. The van der Waals surface area contributed by atoms with Gasteiger partial charge in [-0.15, -0.1) is 6.42 Å². The number of terminal acetylenes is 1. The normalized spacial score (nSPS) is 9.53. The van der Waals surface area contributed by atoms with Crippen molar-refractivity contribution in [3.63, 3.8) is 0 Å². The number of aromatic carboxylic acids is 1. The van der Waals surface area contributed by atoms with Gasteiger partial charge in [0.1, 0.15) is 0 Å². The predicted molar refractivity (Wildman–Crippen MR) is 73.2 cm³/mol.